The van der Waals surface area contributed by atoms with Gasteiger partial charge in [0, 0.05) is 6.42 Å². The van der Waals surface area contributed by atoms with Crippen LogP contribution in [0.15, 0.2) is 23.0 Å². The van der Waals surface area contributed by atoms with Crippen molar-refractivity contribution in [2.24, 2.45) is 5.73 Å². The van der Waals surface area contributed by atoms with Gasteiger partial charge in [-0.25, -0.2) is 9.78 Å². The van der Waals surface area contributed by atoms with Crippen LogP contribution in [0.1, 0.15) is 51.0 Å². The third-order valence-corrected chi connectivity index (χ3v) is 3.97. The molecular formula is C19H25N3O4. The van der Waals surface area contributed by atoms with Crippen LogP contribution in [0.4, 0.5) is 0 Å². The van der Waals surface area contributed by atoms with Gasteiger partial charge in [0.05, 0.1) is 10.9 Å². The Kier molecular flexibility index (Phi) is 5.49. The molecule has 0 fully saturated rings. The quantitative estimate of drug-likeness (QED) is 0.824. The Hall–Kier alpha value is -2.70. The minimum Gasteiger partial charge on any atom is -0.458 e. The zero-order valence-electron chi connectivity index (χ0n) is 15.8. The van der Waals surface area contributed by atoms with Crippen molar-refractivity contribution >= 4 is 22.8 Å². The number of rotatable bonds is 5. The van der Waals surface area contributed by atoms with Gasteiger partial charge in [-0.3, -0.25) is 14.2 Å². The number of aromatic nitrogens is 2. The first-order chi connectivity index (χ1) is 12.0. The van der Waals surface area contributed by atoms with Crippen LogP contribution in [-0.4, -0.2) is 27.0 Å². The number of nitrogens with two attached hydrogens (primary N) is 1. The number of hydrogen-bond donors (Lipinski definition) is 1. The number of carbonyl (C=O) groups is 2. The van der Waals surface area contributed by atoms with E-state index in [9.17, 15) is 14.4 Å². The molecule has 26 heavy (non-hydrogen) atoms. The van der Waals surface area contributed by atoms with Crippen molar-refractivity contribution in [3.63, 3.8) is 0 Å². The van der Waals surface area contributed by atoms with Crippen molar-refractivity contribution in [2.75, 3.05) is 0 Å². The van der Waals surface area contributed by atoms with E-state index < -0.39 is 23.5 Å². The number of carbonyl (C=O) groups excluding carboxylic acids is 2. The molecule has 2 aromatic rings. The van der Waals surface area contributed by atoms with Crippen molar-refractivity contribution in [1.82, 2.24) is 9.55 Å². The zero-order valence-corrected chi connectivity index (χ0v) is 15.8. The van der Waals surface area contributed by atoms with Gasteiger partial charge in [0.25, 0.3) is 5.56 Å². The molecule has 1 aromatic heterocycles. The van der Waals surface area contributed by atoms with Gasteiger partial charge in [0.15, 0.2) is 0 Å². The molecule has 2 rings (SSSR count). The highest BCUT2D eigenvalue weighted by Gasteiger charge is 2.29. The summed E-state index contributed by atoms with van der Waals surface area (Å²) in [5.41, 5.74) is 5.53. The summed E-state index contributed by atoms with van der Waals surface area (Å²) >= 11 is 0. The molecule has 140 valence electrons. The second-order valence-electron chi connectivity index (χ2n) is 7.36. The smallest absolute Gasteiger partial charge is 0.329 e. The Morgan fingerprint density at radius 2 is 1.92 bits per heavy atom. The molecular weight excluding hydrogens is 334 g/mol. The fourth-order valence-electron chi connectivity index (χ4n) is 2.89. The molecule has 2 N–H and O–H groups in total. The van der Waals surface area contributed by atoms with E-state index in [1.807, 2.05) is 19.1 Å². The number of hydrogen-bond acceptors (Lipinski definition) is 5. The fourth-order valence-corrected chi connectivity index (χ4v) is 2.89. The van der Waals surface area contributed by atoms with Crippen molar-refractivity contribution < 1.29 is 14.3 Å². The molecule has 0 spiro atoms. The zero-order chi connectivity index (χ0) is 19.6. The highest BCUT2D eigenvalue weighted by atomic mass is 16.6. The first kappa shape index (κ1) is 19.6. The summed E-state index contributed by atoms with van der Waals surface area (Å²) in [6, 6.07) is 4.43. The van der Waals surface area contributed by atoms with Gasteiger partial charge in [-0.05, 0) is 52.7 Å². The molecule has 1 atom stereocenters. The Morgan fingerprint density at radius 3 is 2.50 bits per heavy atom. The minimum absolute atomic E-state index is 0.0401. The highest BCUT2D eigenvalue weighted by Crippen LogP contribution is 2.22. The Morgan fingerprint density at radius 1 is 1.27 bits per heavy atom. The number of esters is 1. The van der Waals surface area contributed by atoms with E-state index in [1.165, 1.54) is 4.57 Å². The molecule has 0 radical (unpaired) electrons. The van der Waals surface area contributed by atoms with Crippen LogP contribution < -0.4 is 11.3 Å². The number of benzene rings is 1. The highest BCUT2D eigenvalue weighted by molar-refractivity contribution is 5.82. The summed E-state index contributed by atoms with van der Waals surface area (Å²) < 4.78 is 6.77. The summed E-state index contributed by atoms with van der Waals surface area (Å²) in [4.78, 5) is 41.6. The molecule has 0 saturated heterocycles. The average molecular weight is 359 g/mol. The summed E-state index contributed by atoms with van der Waals surface area (Å²) in [6.07, 6.45) is 0.0334. The molecule has 7 heteroatoms. The van der Waals surface area contributed by atoms with Gasteiger partial charge in [0.1, 0.15) is 17.5 Å². The molecule has 0 bridgehead atoms. The standard InChI is InChI=1S/C19H25N3O4/c1-11-7-6-8-13-16(11)17(24)22(12(2)21-13)14(9-10-15(20)23)18(25)26-19(3,4)5/h6-8,14H,9-10H2,1-5H3,(H2,20,23). The first-order valence-electron chi connectivity index (χ1n) is 8.51. The van der Waals surface area contributed by atoms with E-state index in [0.717, 1.165) is 5.56 Å². The number of primary amides is 1. The number of aryl methyl sites for hydroxylation is 2. The van der Waals surface area contributed by atoms with Crippen molar-refractivity contribution in [3.8, 4) is 0 Å². The first-order valence-corrected chi connectivity index (χ1v) is 8.51. The number of fused-ring (bicyclic) bond motifs is 1. The van der Waals surface area contributed by atoms with E-state index >= 15 is 0 Å². The maximum Gasteiger partial charge on any atom is 0.329 e. The molecule has 1 aromatic carbocycles. The van der Waals surface area contributed by atoms with Gasteiger partial charge in [-0.15, -0.1) is 0 Å². The molecule has 0 aliphatic heterocycles. The number of ether oxygens (including phenoxy) is 1. The van der Waals surface area contributed by atoms with Crippen molar-refractivity contribution in [2.45, 2.75) is 59.1 Å². The summed E-state index contributed by atoms with van der Waals surface area (Å²) in [5.74, 6) is -0.749. The largest absolute Gasteiger partial charge is 0.458 e. The van der Waals surface area contributed by atoms with Crippen LogP contribution in [-0.2, 0) is 14.3 Å². The molecule has 1 heterocycles. The van der Waals surface area contributed by atoms with E-state index in [-0.39, 0.29) is 18.4 Å². The third-order valence-electron chi connectivity index (χ3n) is 3.97. The van der Waals surface area contributed by atoms with Crippen LogP contribution in [0.3, 0.4) is 0 Å². The number of amides is 1. The molecule has 1 amide bonds. The van der Waals surface area contributed by atoms with E-state index in [0.29, 0.717) is 16.7 Å². The average Bonchev–Trinajstić information content (AvgIpc) is 2.47. The van der Waals surface area contributed by atoms with Gasteiger partial charge in [0.2, 0.25) is 5.91 Å². The molecule has 7 nitrogen and oxygen atoms in total. The third kappa shape index (κ3) is 4.28. The Balaban J connectivity index is 2.63. The van der Waals surface area contributed by atoms with Crippen LogP contribution in [0.2, 0.25) is 0 Å². The predicted molar refractivity (Wildman–Crippen MR) is 98.8 cm³/mol. The lowest BCUT2D eigenvalue weighted by Crippen LogP contribution is -2.37. The second-order valence-corrected chi connectivity index (χ2v) is 7.36. The van der Waals surface area contributed by atoms with Crippen LogP contribution in [0, 0.1) is 13.8 Å². The lowest BCUT2D eigenvalue weighted by Gasteiger charge is -2.26. The van der Waals surface area contributed by atoms with E-state index in [2.05, 4.69) is 4.98 Å². The topological polar surface area (TPSA) is 104 Å². The van der Waals surface area contributed by atoms with E-state index in [4.69, 9.17) is 10.5 Å². The Bertz CT molecular complexity index is 909. The van der Waals surface area contributed by atoms with Gasteiger partial charge < -0.3 is 10.5 Å². The van der Waals surface area contributed by atoms with Crippen LogP contribution >= 0.6 is 0 Å². The number of nitrogens with zero attached hydrogens (tertiary/aromatic N) is 2. The van der Waals surface area contributed by atoms with Crippen molar-refractivity contribution in [3.05, 3.63) is 39.9 Å². The monoisotopic (exact) mass is 359 g/mol. The molecule has 1 unspecified atom stereocenters. The molecule has 0 aliphatic rings. The lowest BCUT2D eigenvalue weighted by atomic mass is 10.1. The summed E-state index contributed by atoms with van der Waals surface area (Å²) in [5, 5.41) is 0.450. The van der Waals surface area contributed by atoms with Crippen LogP contribution in [0.25, 0.3) is 10.9 Å². The predicted octanol–water partition coefficient (Wildman–Crippen LogP) is 2.16. The fraction of sp³-hybridized carbons (Fsp3) is 0.474. The van der Waals surface area contributed by atoms with E-state index in [1.54, 1.807) is 33.8 Å². The maximum absolute atomic E-state index is 13.1. The minimum atomic E-state index is -0.967. The Labute approximate surface area is 152 Å². The van der Waals surface area contributed by atoms with Crippen molar-refractivity contribution in [1.29, 1.82) is 0 Å². The SMILES string of the molecule is Cc1cccc2nc(C)n(C(CCC(N)=O)C(=O)OC(C)(C)C)c(=O)c12. The lowest BCUT2D eigenvalue weighted by molar-refractivity contribution is -0.159. The molecule has 0 saturated carbocycles. The van der Waals surface area contributed by atoms with Crippen LogP contribution in [0.5, 0.6) is 0 Å². The van der Waals surface area contributed by atoms with Gasteiger partial charge >= 0.3 is 5.97 Å². The second kappa shape index (κ2) is 7.27. The summed E-state index contributed by atoms with van der Waals surface area (Å²) in [7, 11) is 0. The maximum atomic E-state index is 13.1. The molecule has 0 aliphatic carbocycles. The van der Waals surface area contributed by atoms with Gasteiger partial charge in [-0.1, -0.05) is 12.1 Å². The summed E-state index contributed by atoms with van der Waals surface area (Å²) in [6.45, 7) is 8.71. The van der Waals surface area contributed by atoms with Gasteiger partial charge in [-0.2, -0.15) is 0 Å². The normalized spacial score (nSPS) is 12.8.